The summed E-state index contributed by atoms with van der Waals surface area (Å²) in [6, 6.07) is 8.13. The third kappa shape index (κ3) is 2.38. The van der Waals surface area contributed by atoms with Gasteiger partial charge in [0.25, 0.3) is 0 Å². The lowest BCUT2D eigenvalue weighted by molar-refractivity contribution is 0.788. The van der Waals surface area contributed by atoms with Gasteiger partial charge in [0, 0.05) is 18.9 Å². The molecule has 2 aromatic rings. The molecule has 0 unspecified atom stereocenters. The maximum absolute atomic E-state index is 12.0. The molecule has 18 heavy (non-hydrogen) atoms. The molecule has 4 heteroatoms. The van der Waals surface area contributed by atoms with Crippen molar-refractivity contribution in [3.8, 4) is 5.69 Å². The predicted molar refractivity (Wildman–Crippen MR) is 73.4 cm³/mol. The fourth-order valence-corrected chi connectivity index (χ4v) is 2.14. The Morgan fingerprint density at radius 1 is 1.33 bits per heavy atom. The molecule has 0 aliphatic carbocycles. The van der Waals surface area contributed by atoms with Crippen LogP contribution in [0.1, 0.15) is 11.3 Å². The van der Waals surface area contributed by atoms with Crippen molar-refractivity contribution < 1.29 is 0 Å². The van der Waals surface area contributed by atoms with Crippen LogP contribution in [0.5, 0.6) is 0 Å². The monoisotopic (exact) mass is 245 g/mol. The van der Waals surface area contributed by atoms with Crippen LogP contribution in [0.4, 0.5) is 0 Å². The number of aryl methyl sites for hydroxylation is 2. The van der Waals surface area contributed by atoms with Crippen molar-refractivity contribution in [2.45, 2.75) is 13.3 Å². The number of likely N-dealkylation sites (N-methyl/N-ethyl adjacent to an activating group) is 1. The zero-order valence-corrected chi connectivity index (χ0v) is 11.1. The van der Waals surface area contributed by atoms with Gasteiger partial charge in [0.05, 0.1) is 5.69 Å². The van der Waals surface area contributed by atoms with Gasteiger partial charge >= 0.3 is 5.69 Å². The smallest absolute Gasteiger partial charge is 0.319 e. The molecule has 0 atom stereocenters. The first-order valence-electron chi connectivity index (χ1n) is 6.12. The standard InChI is InChI=1S/C14H19N3O/c1-11-10-16(3)14(18)17(11)13-6-4-5-12(9-13)7-8-15-2/h4-6,9-10,15H,7-8H2,1-3H3. The summed E-state index contributed by atoms with van der Waals surface area (Å²) in [6.07, 6.45) is 2.81. The largest absolute Gasteiger partial charge is 0.332 e. The lowest BCUT2D eigenvalue weighted by Gasteiger charge is -2.07. The highest BCUT2D eigenvalue weighted by Gasteiger charge is 2.07. The van der Waals surface area contributed by atoms with Crippen LogP contribution in [0.15, 0.2) is 35.3 Å². The zero-order chi connectivity index (χ0) is 13.1. The maximum Gasteiger partial charge on any atom is 0.332 e. The fourth-order valence-electron chi connectivity index (χ4n) is 2.14. The molecular weight excluding hydrogens is 226 g/mol. The second-order valence-electron chi connectivity index (χ2n) is 4.52. The lowest BCUT2D eigenvalue weighted by Crippen LogP contribution is -2.21. The first-order chi connectivity index (χ1) is 8.63. The van der Waals surface area contributed by atoms with Crippen molar-refractivity contribution in [3.05, 3.63) is 52.2 Å². The molecular formula is C14H19N3O. The molecule has 0 aliphatic rings. The number of aromatic nitrogens is 2. The molecule has 4 nitrogen and oxygen atoms in total. The van der Waals surface area contributed by atoms with Gasteiger partial charge in [-0.25, -0.2) is 4.79 Å². The molecule has 96 valence electrons. The Morgan fingerprint density at radius 3 is 2.72 bits per heavy atom. The number of nitrogens with one attached hydrogen (secondary N) is 1. The quantitative estimate of drug-likeness (QED) is 0.880. The topological polar surface area (TPSA) is 39.0 Å². The predicted octanol–water partition coefficient (Wildman–Crippen LogP) is 1.25. The number of imidazole rings is 1. The Morgan fingerprint density at radius 2 is 2.11 bits per heavy atom. The number of benzene rings is 1. The summed E-state index contributed by atoms with van der Waals surface area (Å²) < 4.78 is 3.35. The Bertz CT molecular complexity index is 595. The van der Waals surface area contributed by atoms with Crippen molar-refractivity contribution in [1.29, 1.82) is 0 Å². The van der Waals surface area contributed by atoms with Crippen molar-refractivity contribution in [2.75, 3.05) is 13.6 Å². The summed E-state index contributed by atoms with van der Waals surface area (Å²) in [6.45, 7) is 2.88. The van der Waals surface area contributed by atoms with E-state index in [9.17, 15) is 4.79 Å². The van der Waals surface area contributed by atoms with Crippen LogP contribution in [0.3, 0.4) is 0 Å². The molecule has 0 saturated heterocycles. The van der Waals surface area contributed by atoms with E-state index in [1.165, 1.54) is 5.56 Å². The van der Waals surface area contributed by atoms with Crippen molar-refractivity contribution in [3.63, 3.8) is 0 Å². The summed E-state index contributed by atoms with van der Waals surface area (Å²) in [5.41, 5.74) is 3.12. The van der Waals surface area contributed by atoms with Gasteiger partial charge < -0.3 is 9.88 Å². The van der Waals surface area contributed by atoms with Gasteiger partial charge in [0.1, 0.15) is 0 Å². The van der Waals surface area contributed by atoms with Gasteiger partial charge in [0.2, 0.25) is 0 Å². The van der Waals surface area contributed by atoms with Crippen LogP contribution in [0.2, 0.25) is 0 Å². The highest BCUT2D eigenvalue weighted by Crippen LogP contribution is 2.11. The minimum atomic E-state index is -0.00161. The van der Waals surface area contributed by atoms with Gasteiger partial charge in [0.15, 0.2) is 0 Å². The third-order valence-electron chi connectivity index (χ3n) is 3.06. The number of nitrogens with zero attached hydrogens (tertiary/aromatic N) is 2. The summed E-state index contributed by atoms with van der Waals surface area (Å²) in [5, 5.41) is 3.13. The van der Waals surface area contributed by atoms with Gasteiger partial charge in [-0.3, -0.25) is 4.57 Å². The van der Waals surface area contributed by atoms with E-state index in [4.69, 9.17) is 0 Å². The average molecular weight is 245 g/mol. The van der Waals surface area contributed by atoms with Gasteiger partial charge in [-0.15, -0.1) is 0 Å². The van der Waals surface area contributed by atoms with Gasteiger partial charge in [-0.05, 0) is 44.6 Å². The molecule has 0 amide bonds. The first kappa shape index (κ1) is 12.6. The molecule has 0 radical (unpaired) electrons. The fraction of sp³-hybridized carbons (Fsp3) is 0.357. The minimum Gasteiger partial charge on any atom is -0.319 e. The molecule has 1 aromatic carbocycles. The van der Waals surface area contributed by atoms with E-state index >= 15 is 0 Å². The Labute approximate surface area is 107 Å². The van der Waals surface area contributed by atoms with Crippen LogP contribution < -0.4 is 11.0 Å². The van der Waals surface area contributed by atoms with Gasteiger partial charge in [-0.2, -0.15) is 0 Å². The SMILES string of the molecule is CNCCc1cccc(-n2c(C)cn(C)c2=O)c1. The van der Waals surface area contributed by atoms with E-state index in [0.717, 1.165) is 24.3 Å². The van der Waals surface area contributed by atoms with Gasteiger partial charge in [-0.1, -0.05) is 12.1 Å². The number of rotatable bonds is 4. The van der Waals surface area contributed by atoms with E-state index in [2.05, 4.69) is 17.4 Å². The van der Waals surface area contributed by atoms with E-state index in [0.29, 0.717) is 0 Å². The van der Waals surface area contributed by atoms with E-state index in [1.807, 2.05) is 32.3 Å². The van der Waals surface area contributed by atoms with Crippen molar-refractivity contribution in [1.82, 2.24) is 14.5 Å². The third-order valence-corrected chi connectivity index (χ3v) is 3.06. The Balaban J connectivity index is 2.41. The van der Waals surface area contributed by atoms with E-state index in [1.54, 1.807) is 16.2 Å². The van der Waals surface area contributed by atoms with E-state index in [-0.39, 0.29) is 5.69 Å². The molecule has 0 bridgehead atoms. The second-order valence-corrected chi connectivity index (χ2v) is 4.52. The van der Waals surface area contributed by atoms with Crippen molar-refractivity contribution in [2.24, 2.45) is 7.05 Å². The first-order valence-corrected chi connectivity index (χ1v) is 6.12. The zero-order valence-electron chi connectivity index (χ0n) is 11.1. The summed E-state index contributed by atoms with van der Waals surface area (Å²) in [7, 11) is 3.71. The molecule has 2 rings (SSSR count). The Hall–Kier alpha value is -1.81. The molecule has 0 fully saturated rings. The molecule has 1 N–H and O–H groups in total. The summed E-state index contributed by atoms with van der Waals surface area (Å²) >= 11 is 0. The molecule has 0 saturated carbocycles. The molecule has 1 heterocycles. The van der Waals surface area contributed by atoms with Crippen molar-refractivity contribution >= 4 is 0 Å². The lowest BCUT2D eigenvalue weighted by atomic mass is 10.1. The average Bonchev–Trinajstić information content (AvgIpc) is 2.61. The van der Waals surface area contributed by atoms with E-state index < -0.39 is 0 Å². The van der Waals surface area contributed by atoms with Crippen LogP contribution in [0.25, 0.3) is 5.69 Å². The number of hydrogen-bond acceptors (Lipinski definition) is 2. The molecule has 0 spiro atoms. The summed E-state index contributed by atoms with van der Waals surface area (Å²) in [5.74, 6) is 0. The minimum absolute atomic E-state index is 0.00161. The van der Waals surface area contributed by atoms with Crippen LogP contribution in [0, 0.1) is 6.92 Å². The van der Waals surface area contributed by atoms with Crippen LogP contribution in [-0.4, -0.2) is 22.7 Å². The molecule has 0 aliphatic heterocycles. The second kappa shape index (κ2) is 5.23. The highest BCUT2D eigenvalue weighted by atomic mass is 16.1. The summed E-state index contributed by atoms with van der Waals surface area (Å²) in [4.78, 5) is 12.0. The normalized spacial score (nSPS) is 10.8. The van der Waals surface area contributed by atoms with Crippen LogP contribution >= 0.6 is 0 Å². The van der Waals surface area contributed by atoms with Crippen LogP contribution in [-0.2, 0) is 13.5 Å². The number of hydrogen-bond donors (Lipinski definition) is 1. The molecule has 1 aromatic heterocycles. The Kier molecular flexibility index (Phi) is 3.67. The highest BCUT2D eigenvalue weighted by molar-refractivity contribution is 5.37. The maximum atomic E-state index is 12.0.